The van der Waals surface area contributed by atoms with E-state index in [1.54, 1.807) is 29.1 Å². The molecule has 1 aliphatic carbocycles. The smallest absolute Gasteiger partial charge is 0.271 e. The zero-order valence-electron chi connectivity index (χ0n) is 13.2. The van der Waals surface area contributed by atoms with E-state index in [4.69, 9.17) is 16.3 Å². The van der Waals surface area contributed by atoms with Crippen LogP contribution >= 0.6 is 27.5 Å². The van der Waals surface area contributed by atoms with Gasteiger partial charge in [-0.25, -0.2) is 4.68 Å². The van der Waals surface area contributed by atoms with Crippen LogP contribution in [0.1, 0.15) is 42.6 Å². The Bertz CT molecular complexity index is 714. The summed E-state index contributed by atoms with van der Waals surface area (Å²) in [5.41, 5.74) is 0.408. The Hall–Kier alpha value is -1.53. The Morgan fingerprint density at radius 1 is 1.33 bits per heavy atom. The first-order valence-electron chi connectivity index (χ1n) is 8.04. The minimum Gasteiger partial charge on any atom is -0.470 e. The van der Waals surface area contributed by atoms with E-state index in [0.29, 0.717) is 16.5 Å². The zero-order chi connectivity index (χ0) is 16.9. The van der Waals surface area contributed by atoms with Crippen molar-refractivity contribution < 1.29 is 9.53 Å². The van der Waals surface area contributed by atoms with E-state index in [-0.39, 0.29) is 18.7 Å². The summed E-state index contributed by atoms with van der Waals surface area (Å²) in [5.74, 6) is 0.450. The standard InChI is InChI=1S/C17H19BrClN3O2/c18-12-6-7-16(14(19)10-12)24-11-22-9-8-15(21-22)17(23)20-13-4-2-1-3-5-13/h6-10,13H,1-5,11H2,(H,20,23). The maximum atomic E-state index is 12.2. The lowest BCUT2D eigenvalue weighted by Crippen LogP contribution is -2.36. The minimum atomic E-state index is -0.123. The van der Waals surface area contributed by atoms with Crippen LogP contribution in [0.4, 0.5) is 0 Å². The number of hydrogen-bond acceptors (Lipinski definition) is 3. The molecule has 2 aromatic rings. The van der Waals surface area contributed by atoms with E-state index in [0.717, 1.165) is 17.3 Å². The van der Waals surface area contributed by atoms with Gasteiger partial charge in [-0.15, -0.1) is 0 Å². The predicted octanol–water partition coefficient (Wildman–Crippen LogP) is 4.40. The SMILES string of the molecule is O=C(NC1CCCCC1)c1ccn(COc2ccc(Br)cc2Cl)n1. The second-order valence-electron chi connectivity index (χ2n) is 5.90. The number of benzene rings is 1. The summed E-state index contributed by atoms with van der Waals surface area (Å²) < 4.78 is 8.10. The molecule has 3 rings (SSSR count). The maximum Gasteiger partial charge on any atom is 0.271 e. The molecule has 0 spiro atoms. The highest BCUT2D eigenvalue weighted by Crippen LogP contribution is 2.27. The second-order valence-corrected chi connectivity index (χ2v) is 7.22. The molecular formula is C17H19BrClN3O2. The van der Waals surface area contributed by atoms with Crippen LogP contribution in [0.2, 0.25) is 5.02 Å². The van der Waals surface area contributed by atoms with Crippen LogP contribution in [0.5, 0.6) is 5.75 Å². The molecule has 0 aliphatic heterocycles. The van der Waals surface area contributed by atoms with Gasteiger partial charge >= 0.3 is 0 Å². The van der Waals surface area contributed by atoms with Gasteiger partial charge in [-0.05, 0) is 37.1 Å². The highest BCUT2D eigenvalue weighted by Gasteiger charge is 2.18. The van der Waals surface area contributed by atoms with Crippen LogP contribution in [0.15, 0.2) is 34.9 Å². The number of carbonyl (C=O) groups is 1. The Morgan fingerprint density at radius 2 is 2.12 bits per heavy atom. The molecule has 0 radical (unpaired) electrons. The number of hydrogen-bond donors (Lipinski definition) is 1. The molecule has 1 aromatic carbocycles. The first kappa shape index (κ1) is 17.3. The minimum absolute atomic E-state index is 0.123. The third-order valence-corrected chi connectivity index (χ3v) is 4.85. The average molecular weight is 413 g/mol. The van der Waals surface area contributed by atoms with Gasteiger partial charge < -0.3 is 10.1 Å². The molecule has 5 nitrogen and oxygen atoms in total. The normalized spacial score (nSPS) is 15.2. The Balaban J connectivity index is 1.55. The molecule has 24 heavy (non-hydrogen) atoms. The molecular weight excluding hydrogens is 394 g/mol. The molecule has 0 atom stereocenters. The largest absolute Gasteiger partial charge is 0.470 e. The van der Waals surface area contributed by atoms with Crippen LogP contribution in [0.25, 0.3) is 0 Å². The number of nitrogens with zero attached hydrogens (tertiary/aromatic N) is 2. The van der Waals surface area contributed by atoms with Gasteiger partial charge in [0.15, 0.2) is 6.73 Å². The summed E-state index contributed by atoms with van der Waals surface area (Å²) >= 11 is 9.46. The van der Waals surface area contributed by atoms with Crippen molar-refractivity contribution in [3.8, 4) is 5.75 Å². The van der Waals surface area contributed by atoms with E-state index in [2.05, 4.69) is 26.3 Å². The number of nitrogens with one attached hydrogen (secondary N) is 1. The van der Waals surface area contributed by atoms with E-state index in [1.165, 1.54) is 19.3 Å². The lowest BCUT2D eigenvalue weighted by atomic mass is 9.95. The molecule has 128 valence electrons. The first-order chi connectivity index (χ1) is 11.6. The van der Waals surface area contributed by atoms with E-state index in [9.17, 15) is 4.79 Å². The molecule has 1 saturated carbocycles. The Labute approximate surface area is 154 Å². The molecule has 1 heterocycles. The fraction of sp³-hybridized carbons (Fsp3) is 0.412. The van der Waals surface area contributed by atoms with Crippen LogP contribution in [-0.4, -0.2) is 21.7 Å². The molecule has 0 bridgehead atoms. The van der Waals surface area contributed by atoms with Gasteiger partial charge in [0.05, 0.1) is 5.02 Å². The first-order valence-corrected chi connectivity index (χ1v) is 9.21. The van der Waals surface area contributed by atoms with Crippen molar-refractivity contribution >= 4 is 33.4 Å². The van der Waals surface area contributed by atoms with Crippen LogP contribution in [0, 0.1) is 0 Å². The number of ether oxygens (including phenoxy) is 1. The van der Waals surface area contributed by atoms with E-state index < -0.39 is 0 Å². The maximum absolute atomic E-state index is 12.2. The van der Waals surface area contributed by atoms with Crippen molar-refractivity contribution in [1.29, 1.82) is 0 Å². The third kappa shape index (κ3) is 4.51. The number of carbonyl (C=O) groups excluding carboxylic acids is 1. The quantitative estimate of drug-likeness (QED) is 0.792. The van der Waals surface area contributed by atoms with Crippen molar-refractivity contribution in [2.75, 3.05) is 0 Å². The molecule has 1 N–H and O–H groups in total. The van der Waals surface area contributed by atoms with E-state index in [1.807, 2.05) is 6.07 Å². The fourth-order valence-electron chi connectivity index (χ4n) is 2.79. The summed E-state index contributed by atoms with van der Waals surface area (Å²) in [6.07, 6.45) is 7.46. The van der Waals surface area contributed by atoms with Crippen molar-refractivity contribution in [2.45, 2.75) is 44.9 Å². The molecule has 0 saturated heterocycles. The summed E-state index contributed by atoms with van der Waals surface area (Å²) in [5, 5.41) is 7.84. The highest BCUT2D eigenvalue weighted by molar-refractivity contribution is 9.10. The highest BCUT2D eigenvalue weighted by atomic mass is 79.9. The fourth-order valence-corrected chi connectivity index (χ4v) is 3.52. The molecule has 7 heteroatoms. The van der Waals surface area contributed by atoms with E-state index >= 15 is 0 Å². The zero-order valence-corrected chi connectivity index (χ0v) is 15.5. The lowest BCUT2D eigenvalue weighted by Gasteiger charge is -2.22. The van der Waals surface area contributed by atoms with Crippen LogP contribution < -0.4 is 10.1 Å². The van der Waals surface area contributed by atoms with Crippen LogP contribution in [0.3, 0.4) is 0 Å². The van der Waals surface area contributed by atoms with Gasteiger partial charge in [0.25, 0.3) is 5.91 Å². The van der Waals surface area contributed by atoms with Crippen molar-refractivity contribution in [3.63, 3.8) is 0 Å². The van der Waals surface area contributed by atoms with Gasteiger partial charge in [0, 0.05) is 16.7 Å². The summed E-state index contributed by atoms with van der Waals surface area (Å²) in [6.45, 7) is 0.193. The summed E-state index contributed by atoms with van der Waals surface area (Å²) in [4.78, 5) is 12.2. The van der Waals surface area contributed by atoms with Gasteiger partial charge in [-0.2, -0.15) is 5.10 Å². The molecule has 1 aromatic heterocycles. The molecule has 1 aliphatic rings. The van der Waals surface area contributed by atoms with Crippen LogP contribution in [-0.2, 0) is 6.73 Å². The van der Waals surface area contributed by atoms with Crippen molar-refractivity contribution in [2.24, 2.45) is 0 Å². The number of rotatable bonds is 5. The molecule has 1 fully saturated rings. The average Bonchev–Trinajstić information content (AvgIpc) is 3.04. The monoisotopic (exact) mass is 411 g/mol. The lowest BCUT2D eigenvalue weighted by molar-refractivity contribution is 0.0920. The Morgan fingerprint density at radius 3 is 2.88 bits per heavy atom. The molecule has 1 amide bonds. The number of amides is 1. The summed E-state index contributed by atoms with van der Waals surface area (Å²) in [6, 6.07) is 7.38. The van der Waals surface area contributed by atoms with Gasteiger partial charge in [0.1, 0.15) is 11.4 Å². The number of halogens is 2. The molecule has 0 unspecified atom stereocenters. The van der Waals surface area contributed by atoms with Gasteiger partial charge in [-0.1, -0.05) is 46.8 Å². The predicted molar refractivity (Wildman–Crippen MR) is 96.3 cm³/mol. The third-order valence-electron chi connectivity index (χ3n) is 4.06. The van der Waals surface area contributed by atoms with Gasteiger partial charge in [0.2, 0.25) is 0 Å². The van der Waals surface area contributed by atoms with Crippen molar-refractivity contribution in [3.05, 3.63) is 45.7 Å². The number of aromatic nitrogens is 2. The second kappa shape index (κ2) is 8.03. The Kier molecular flexibility index (Phi) is 5.79. The topological polar surface area (TPSA) is 56.2 Å². The van der Waals surface area contributed by atoms with Gasteiger partial charge in [-0.3, -0.25) is 4.79 Å². The van der Waals surface area contributed by atoms with Crippen molar-refractivity contribution in [1.82, 2.24) is 15.1 Å². The summed E-state index contributed by atoms with van der Waals surface area (Å²) in [7, 11) is 0.